The lowest BCUT2D eigenvalue weighted by molar-refractivity contribution is -0.159. The van der Waals surface area contributed by atoms with Crippen molar-refractivity contribution in [2.75, 3.05) is 0 Å². The minimum absolute atomic E-state index is 1.82. The molecule has 0 unspecified atom stereocenters. The Balaban J connectivity index is -0.000000160. The van der Waals surface area contributed by atoms with Gasteiger partial charge < -0.3 is 10.2 Å². The van der Waals surface area contributed by atoms with E-state index in [-0.39, 0.29) is 0 Å². The number of carbonyl (C=O) groups is 2. The predicted octanol–water partition coefficient (Wildman–Crippen LogP) is -2.53. The van der Waals surface area contributed by atoms with Gasteiger partial charge in [-0.3, -0.25) is 0 Å². The Morgan fingerprint density at radius 3 is 0.875 bits per heavy atom. The van der Waals surface area contributed by atoms with Crippen molar-refractivity contribution in [2.24, 2.45) is 10.3 Å². The molecule has 0 radical (unpaired) electrons. The summed E-state index contributed by atoms with van der Waals surface area (Å²) in [7, 11) is -9.33. The molecule has 16 heavy (non-hydrogen) atoms. The number of aliphatic carboxylic acids is 2. The molecule has 0 heterocycles. The smallest absolute Gasteiger partial charge is 0.414 e. The lowest BCUT2D eigenvalue weighted by atomic mass is 10.7. The average molecular weight is 288 g/mol. The van der Waals surface area contributed by atoms with E-state index in [9.17, 15) is 7.77 Å². The Kier molecular flexibility index (Phi) is 9.86. The highest BCUT2D eigenvalue weighted by molar-refractivity contribution is 7.84. The summed E-state index contributed by atoms with van der Waals surface area (Å²) in [5.74, 6) is -3.65. The van der Waals surface area contributed by atoms with E-state index in [4.69, 9.17) is 36.6 Å². The van der Waals surface area contributed by atoms with Crippen LogP contribution >= 0.6 is 0 Å². The van der Waals surface area contributed by atoms with Crippen molar-refractivity contribution in [3.8, 4) is 0 Å². The van der Waals surface area contributed by atoms with Gasteiger partial charge in [-0.1, -0.05) is 7.77 Å². The molecule has 0 bridgehead atoms. The van der Waals surface area contributed by atoms with Crippen LogP contribution in [0.25, 0.3) is 0 Å². The molecule has 0 spiro atoms. The SMILES string of the molecule is NS(=O)(=O)F.NS(=O)(=O)F.O=C(O)C(=O)O. The zero-order valence-electron chi connectivity index (χ0n) is 7.07. The first kappa shape index (κ1) is 20.1. The molecule has 0 aromatic carbocycles. The highest BCUT2D eigenvalue weighted by Gasteiger charge is 2.04. The topological polar surface area (TPSA) is 195 Å². The standard InChI is InChI=1S/C2H2O4.2FH2NO2S/c3-1(4)2(5)6;2*1-5(2,3)4/h(H,3,4)(H,5,6);2*(H2,2,3,4). The van der Waals surface area contributed by atoms with Crippen LogP contribution in [-0.4, -0.2) is 39.0 Å². The van der Waals surface area contributed by atoms with Crippen molar-refractivity contribution < 1.29 is 44.4 Å². The van der Waals surface area contributed by atoms with Crippen molar-refractivity contribution in [1.82, 2.24) is 0 Å². The van der Waals surface area contributed by atoms with E-state index in [1.54, 1.807) is 0 Å². The third-order valence-electron chi connectivity index (χ3n) is 0.183. The fourth-order valence-corrected chi connectivity index (χ4v) is 0. The van der Waals surface area contributed by atoms with Crippen LogP contribution in [0.4, 0.5) is 7.77 Å². The Bertz CT molecular complexity index is 367. The molecule has 0 fully saturated rings. The molecule has 6 N–H and O–H groups in total. The van der Waals surface area contributed by atoms with E-state index < -0.39 is 32.8 Å². The van der Waals surface area contributed by atoms with Crippen LogP contribution in [0.5, 0.6) is 0 Å². The van der Waals surface area contributed by atoms with Gasteiger partial charge in [-0.2, -0.15) is 16.8 Å². The fourth-order valence-electron chi connectivity index (χ4n) is 0. The largest absolute Gasteiger partial charge is 0.473 e. The Morgan fingerprint density at radius 2 is 0.875 bits per heavy atom. The van der Waals surface area contributed by atoms with Gasteiger partial charge in [0.1, 0.15) is 0 Å². The van der Waals surface area contributed by atoms with Gasteiger partial charge in [-0.25, -0.2) is 19.9 Å². The van der Waals surface area contributed by atoms with Crippen molar-refractivity contribution in [2.45, 2.75) is 0 Å². The quantitative estimate of drug-likeness (QED) is 0.276. The normalized spacial score (nSPS) is 10.0. The molecule has 0 aliphatic rings. The summed E-state index contributed by atoms with van der Waals surface area (Å²) in [5.41, 5.74) is 0. The van der Waals surface area contributed by atoms with E-state index >= 15 is 0 Å². The second kappa shape index (κ2) is 7.85. The molecule has 14 heteroatoms. The Morgan fingerprint density at radius 1 is 0.812 bits per heavy atom. The number of hydrogen-bond donors (Lipinski definition) is 4. The molecule has 0 amide bonds. The van der Waals surface area contributed by atoms with Crippen LogP contribution in [0, 0.1) is 0 Å². The van der Waals surface area contributed by atoms with Crippen molar-refractivity contribution in [1.29, 1.82) is 0 Å². The van der Waals surface area contributed by atoms with E-state index in [0.29, 0.717) is 0 Å². The van der Waals surface area contributed by atoms with Gasteiger partial charge >= 0.3 is 32.8 Å². The van der Waals surface area contributed by atoms with Gasteiger partial charge in [0.25, 0.3) is 0 Å². The Labute approximate surface area is 88.2 Å². The minimum atomic E-state index is -4.67. The first-order valence-corrected chi connectivity index (χ1v) is 5.45. The maximum atomic E-state index is 10.4. The molecule has 0 saturated heterocycles. The molecule has 0 rings (SSSR count). The van der Waals surface area contributed by atoms with Gasteiger partial charge in [0, 0.05) is 0 Å². The monoisotopic (exact) mass is 288 g/mol. The van der Waals surface area contributed by atoms with Gasteiger partial charge in [-0.05, 0) is 0 Å². The summed E-state index contributed by atoms with van der Waals surface area (Å²) in [6.45, 7) is 0. The first-order valence-electron chi connectivity index (χ1n) is 2.55. The maximum absolute atomic E-state index is 10.4. The number of carboxylic acids is 2. The third kappa shape index (κ3) is 248. The second-order valence-electron chi connectivity index (χ2n) is 1.56. The predicted molar refractivity (Wildman–Crippen MR) is 43.7 cm³/mol. The summed E-state index contributed by atoms with van der Waals surface area (Å²) in [5, 5.41) is 22.1. The molecule has 0 aliphatic heterocycles. The number of rotatable bonds is 0. The van der Waals surface area contributed by atoms with Gasteiger partial charge in [0.2, 0.25) is 0 Å². The summed E-state index contributed by atoms with van der Waals surface area (Å²) < 4.78 is 55.8. The minimum Gasteiger partial charge on any atom is -0.473 e. The lowest BCUT2D eigenvalue weighted by Crippen LogP contribution is -2.09. The van der Waals surface area contributed by atoms with Crippen molar-refractivity contribution in [3.05, 3.63) is 0 Å². The molecule has 0 aliphatic carbocycles. The Hall–Kier alpha value is -1.38. The maximum Gasteiger partial charge on any atom is 0.414 e. The molecular formula is C2H6F2N2O8S2. The van der Waals surface area contributed by atoms with Gasteiger partial charge in [0.15, 0.2) is 0 Å². The third-order valence-corrected chi connectivity index (χ3v) is 0.183. The molecule has 0 aromatic heterocycles. The van der Waals surface area contributed by atoms with Crippen LogP contribution in [0.1, 0.15) is 0 Å². The number of nitrogens with two attached hydrogens (primary N) is 2. The van der Waals surface area contributed by atoms with Gasteiger partial charge in [0.05, 0.1) is 0 Å². The summed E-state index contributed by atoms with van der Waals surface area (Å²) in [6, 6.07) is 0. The molecule has 0 saturated carbocycles. The van der Waals surface area contributed by atoms with Crippen LogP contribution in [0.15, 0.2) is 0 Å². The zero-order valence-corrected chi connectivity index (χ0v) is 8.70. The first-order chi connectivity index (χ1) is 6.64. The fraction of sp³-hybridized carbons (Fsp3) is 0. The van der Waals surface area contributed by atoms with E-state index in [1.165, 1.54) is 0 Å². The van der Waals surface area contributed by atoms with Crippen molar-refractivity contribution in [3.63, 3.8) is 0 Å². The summed E-state index contributed by atoms with van der Waals surface area (Å²) in [6.07, 6.45) is 0. The van der Waals surface area contributed by atoms with E-state index in [2.05, 4.69) is 10.3 Å². The molecule has 0 atom stereocenters. The van der Waals surface area contributed by atoms with Crippen LogP contribution in [0.3, 0.4) is 0 Å². The van der Waals surface area contributed by atoms with Crippen LogP contribution < -0.4 is 10.3 Å². The van der Waals surface area contributed by atoms with E-state index in [1.807, 2.05) is 0 Å². The van der Waals surface area contributed by atoms with Gasteiger partial charge in [-0.15, -0.1) is 0 Å². The zero-order chi connectivity index (χ0) is 14.2. The van der Waals surface area contributed by atoms with E-state index in [0.717, 1.165) is 0 Å². The van der Waals surface area contributed by atoms with Crippen LogP contribution in [0.2, 0.25) is 0 Å². The average Bonchev–Trinajstić information content (AvgIpc) is 1.77. The molecule has 0 aromatic rings. The summed E-state index contributed by atoms with van der Waals surface area (Å²) >= 11 is 0. The second-order valence-corrected chi connectivity index (χ2v) is 3.46. The van der Waals surface area contributed by atoms with Crippen molar-refractivity contribution >= 4 is 32.8 Å². The lowest BCUT2D eigenvalue weighted by Gasteiger charge is -1.72. The molecule has 98 valence electrons. The highest BCUT2D eigenvalue weighted by Crippen LogP contribution is 1.68. The number of hydrogen-bond acceptors (Lipinski definition) is 6. The molecule has 10 nitrogen and oxygen atoms in total. The number of carboxylic acid groups (broad SMARTS) is 2. The van der Waals surface area contributed by atoms with Crippen LogP contribution in [-0.2, 0) is 30.4 Å². The number of halogens is 2. The summed E-state index contributed by atoms with van der Waals surface area (Å²) in [4.78, 5) is 18.2. The molecular weight excluding hydrogens is 282 g/mol. The highest BCUT2D eigenvalue weighted by atomic mass is 32.3.